The molecule has 0 amide bonds. The predicted octanol–water partition coefficient (Wildman–Crippen LogP) is 4.46. The van der Waals surface area contributed by atoms with E-state index in [9.17, 15) is 0 Å². The molecule has 1 atom stereocenters. The van der Waals surface area contributed by atoms with Gasteiger partial charge in [0.2, 0.25) is 0 Å². The van der Waals surface area contributed by atoms with E-state index in [1.54, 1.807) is 0 Å². The summed E-state index contributed by atoms with van der Waals surface area (Å²) in [6.07, 6.45) is 3.48. The summed E-state index contributed by atoms with van der Waals surface area (Å²) in [7, 11) is 0. The Hall–Kier alpha value is -0.580. The number of fused-ring (bicyclic) bond motifs is 1. The van der Waals surface area contributed by atoms with Gasteiger partial charge in [0.1, 0.15) is 17.6 Å². The molecule has 2 aromatic rings. The predicted molar refractivity (Wildman–Crippen MR) is 76.0 cm³/mol. The molecule has 1 unspecified atom stereocenters. The number of imidazole rings is 1. The minimum Gasteiger partial charge on any atom is -0.358 e. The average Bonchev–Trinajstić information content (AvgIpc) is 2.67. The van der Waals surface area contributed by atoms with Gasteiger partial charge in [-0.05, 0) is 54.2 Å². The summed E-state index contributed by atoms with van der Waals surface area (Å²) in [5, 5.41) is 0.714. The Morgan fingerprint density at radius 3 is 3.00 bits per heavy atom. The maximum Gasteiger partial charge on any atom is 0.135 e. The van der Waals surface area contributed by atoms with Crippen LogP contribution < -0.4 is 0 Å². The van der Waals surface area contributed by atoms with Crippen molar-refractivity contribution < 1.29 is 4.74 Å². The van der Waals surface area contributed by atoms with Crippen molar-refractivity contribution in [2.24, 2.45) is 0 Å². The third-order valence-corrected chi connectivity index (χ3v) is 4.16. The van der Waals surface area contributed by atoms with Crippen molar-refractivity contribution in [2.45, 2.75) is 32.4 Å². The molecule has 1 aliphatic rings. The van der Waals surface area contributed by atoms with E-state index in [1.165, 1.54) is 6.42 Å². The zero-order valence-electron chi connectivity index (χ0n) is 10.1. The van der Waals surface area contributed by atoms with Crippen LogP contribution in [0, 0.1) is 6.92 Å². The highest BCUT2D eigenvalue weighted by Crippen LogP contribution is 2.33. The first-order valence-electron chi connectivity index (χ1n) is 6.12. The van der Waals surface area contributed by atoms with Crippen molar-refractivity contribution in [3.63, 3.8) is 0 Å². The van der Waals surface area contributed by atoms with Gasteiger partial charge in [-0.1, -0.05) is 11.6 Å². The van der Waals surface area contributed by atoms with Crippen LogP contribution in [-0.4, -0.2) is 16.2 Å². The summed E-state index contributed by atoms with van der Waals surface area (Å²) < 4.78 is 8.95. The van der Waals surface area contributed by atoms with E-state index >= 15 is 0 Å². The molecule has 1 aliphatic heterocycles. The Morgan fingerprint density at radius 2 is 2.28 bits per heavy atom. The first-order valence-corrected chi connectivity index (χ1v) is 7.29. The van der Waals surface area contributed by atoms with Crippen LogP contribution in [0.3, 0.4) is 0 Å². The Morgan fingerprint density at radius 1 is 1.44 bits per heavy atom. The van der Waals surface area contributed by atoms with Crippen LogP contribution in [-0.2, 0) is 4.74 Å². The average molecular weight is 330 g/mol. The van der Waals surface area contributed by atoms with E-state index in [4.69, 9.17) is 16.3 Å². The molecular formula is C13H14BrClN2O. The van der Waals surface area contributed by atoms with Gasteiger partial charge in [-0.3, -0.25) is 0 Å². The molecule has 3 rings (SSSR count). The minimum absolute atomic E-state index is 0.0918. The lowest BCUT2D eigenvalue weighted by Gasteiger charge is -2.25. The highest BCUT2D eigenvalue weighted by molar-refractivity contribution is 9.10. The molecular weight excluding hydrogens is 316 g/mol. The molecule has 1 aromatic carbocycles. The molecule has 0 bridgehead atoms. The maximum absolute atomic E-state index is 6.13. The SMILES string of the molecule is Cc1nc2c(Br)cc(Cl)cc2n1C1CCCCO1. The van der Waals surface area contributed by atoms with Gasteiger partial charge in [0.15, 0.2) is 0 Å². The Balaban J connectivity index is 2.18. The molecule has 1 fully saturated rings. The van der Waals surface area contributed by atoms with E-state index in [0.717, 1.165) is 40.8 Å². The zero-order chi connectivity index (χ0) is 12.7. The van der Waals surface area contributed by atoms with Crippen LogP contribution in [0.15, 0.2) is 16.6 Å². The van der Waals surface area contributed by atoms with Crippen LogP contribution in [0.2, 0.25) is 5.02 Å². The van der Waals surface area contributed by atoms with Gasteiger partial charge in [0.05, 0.1) is 5.52 Å². The maximum atomic E-state index is 6.13. The molecule has 0 spiro atoms. The number of halogens is 2. The molecule has 0 N–H and O–H groups in total. The smallest absolute Gasteiger partial charge is 0.135 e. The molecule has 2 heterocycles. The Kier molecular flexibility index (Phi) is 3.34. The number of hydrogen-bond acceptors (Lipinski definition) is 2. The number of aryl methyl sites for hydroxylation is 1. The van der Waals surface area contributed by atoms with Crippen molar-refractivity contribution >= 4 is 38.6 Å². The van der Waals surface area contributed by atoms with Crippen molar-refractivity contribution in [1.29, 1.82) is 0 Å². The molecule has 1 aromatic heterocycles. The third kappa shape index (κ3) is 2.06. The standard InChI is InChI=1S/C13H14BrClN2O/c1-8-16-13-10(14)6-9(15)7-11(13)17(8)12-4-2-3-5-18-12/h6-7,12H,2-5H2,1H3. The van der Waals surface area contributed by atoms with Crippen LogP contribution in [0.25, 0.3) is 11.0 Å². The lowest BCUT2D eigenvalue weighted by Crippen LogP contribution is -2.19. The van der Waals surface area contributed by atoms with E-state index in [-0.39, 0.29) is 6.23 Å². The van der Waals surface area contributed by atoms with Gasteiger partial charge < -0.3 is 9.30 Å². The minimum atomic E-state index is 0.0918. The van der Waals surface area contributed by atoms with E-state index < -0.39 is 0 Å². The monoisotopic (exact) mass is 328 g/mol. The van der Waals surface area contributed by atoms with Crippen LogP contribution in [0.1, 0.15) is 31.3 Å². The molecule has 96 valence electrons. The van der Waals surface area contributed by atoms with Crippen molar-refractivity contribution in [2.75, 3.05) is 6.61 Å². The lowest BCUT2D eigenvalue weighted by atomic mass is 10.2. The van der Waals surface area contributed by atoms with Gasteiger partial charge in [-0.15, -0.1) is 0 Å². The van der Waals surface area contributed by atoms with Crippen LogP contribution in [0.5, 0.6) is 0 Å². The Bertz CT molecular complexity index is 590. The summed E-state index contributed by atoms with van der Waals surface area (Å²) >= 11 is 9.65. The molecule has 5 heteroatoms. The van der Waals surface area contributed by atoms with Gasteiger partial charge in [0, 0.05) is 16.1 Å². The van der Waals surface area contributed by atoms with Gasteiger partial charge in [0.25, 0.3) is 0 Å². The molecule has 3 nitrogen and oxygen atoms in total. The fourth-order valence-electron chi connectivity index (χ4n) is 2.53. The first-order chi connectivity index (χ1) is 8.66. The van der Waals surface area contributed by atoms with Crippen molar-refractivity contribution in [3.8, 4) is 0 Å². The fourth-order valence-corrected chi connectivity index (χ4v) is 3.41. The van der Waals surface area contributed by atoms with Crippen molar-refractivity contribution in [1.82, 2.24) is 9.55 Å². The van der Waals surface area contributed by atoms with E-state index in [1.807, 2.05) is 19.1 Å². The third-order valence-electron chi connectivity index (χ3n) is 3.33. The quantitative estimate of drug-likeness (QED) is 0.772. The Labute approximate surface area is 119 Å². The van der Waals surface area contributed by atoms with Crippen molar-refractivity contribution in [3.05, 3.63) is 27.5 Å². The number of hydrogen-bond donors (Lipinski definition) is 0. The van der Waals surface area contributed by atoms with Gasteiger partial charge in [-0.2, -0.15) is 0 Å². The largest absolute Gasteiger partial charge is 0.358 e. The van der Waals surface area contributed by atoms with Gasteiger partial charge in [-0.25, -0.2) is 4.98 Å². The topological polar surface area (TPSA) is 27.1 Å². The second-order valence-electron chi connectivity index (χ2n) is 4.61. The van der Waals surface area contributed by atoms with Crippen LogP contribution >= 0.6 is 27.5 Å². The summed E-state index contributed by atoms with van der Waals surface area (Å²) in [6, 6.07) is 3.84. The summed E-state index contributed by atoms with van der Waals surface area (Å²) in [5.41, 5.74) is 1.99. The summed E-state index contributed by atoms with van der Waals surface area (Å²) in [6.45, 7) is 2.84. The fraction of sp³-hybridized carbons (Fsp3) is 0.462. The van der Waals surface area contributed by atoms with Crippen LogP contribution in [0.4, 0.5) is 0 Å². The number of ether oxygens (including phenoxy) is 1. The second-order valence-corrected chi connectivity index (χ2v) is 5.90. The number of aromatic nitrogens is 2. The highest BCUT2D eigenvalue weighted by Gasteiger charge is 2.21. The summed E-state index contributed by atoms with van der Waals surface area (Å²) in [4.78, 5) is 4.61. The lowest BCUT2D eigenvalue weighted by molar-refractivity contribution is -0.0306. The highest BCUT2D eigenvalue weighted by atomic mass is 79.9. The normalized spacial score (nSPS) is 20.5. The molecule has 0 radical (unpaired) electrons. The van der Waals surface area contributed by atoms with E-state index in [2.05, 4.69) is 25.5 Å². The first kappa shape index (κ1) is 12.5. The molecule has 0 saturated carbocycles. The second kappa shape index (κ2) is 4.83. The number of nitrogens with zero attached hydrogens (tertiary/aromatic N) is 2. The molecule has 18 heavy (non-hydrogen) atoms. The number of rotatable bonds is 1. The van der Waals surface area contributed by atoms with Gasteiger partial charge >= 0.3 is 0 Å². The zero-order valence-corrected chi connectivity index (χ0v) is 12.5. The summed E-state index contributed by atoms with van der Waals surface area (Å²) in [5.74, 6) is 0.972. The number of benzene rings is 1. The van der Waals surface area contributed by atoms with E-state index in [0.29, 0.717) is 5.02 Å². The molecule has 1 saturated heterocycles. The molecule has 0 aliphatic carbocycles.